The van der Waals surface area contributed by atoms with Crippen molar-refractivity contribution in [3.8, 4) is 0 Å². The van der Waals surface area contributed by atoms with Crippen molar-refractivity contribution in [1.29, 1.82) is 0 Å². The highest BCUT2D eigenvalue weighted by Crippen LogP contribution is 2.11. The first-order valence-corrected chi connectivity index (χ1v) is 21.6. The number of nitrogens with two attached hydrogens (primary N) is 1. The molecule has 0 spiro atoms. The van der Waals surface area contributed by atoms with Crippen LogP contribution < -0.4 is 43.0 Å². The molecular weight excluding hydrogens is 955 g/mol. The van der Waals surface area contributed by atoms with E-state index in [0.29, 0.717) is 0 Å². The monoisotopic (exact) mass is 1030 g/mol. The maximum Gasteiger partial charge on any atom is 0.328 e. The van der Waals surface area contributed by atoms with Gasteiger partial charge in [-0.2, -0.15) is 24.4 Å². The summed E-state index contributed by atoms with van der Waals surface area (Å²) in [7, 11) is 13.3. The molecule has 0 aliphatic carbocycles. The van der Waals surface area contributed by atoms with Crippen molar-refractivity contribution in [3.63, 3.8) is 0 Å². The van der Waals surface area contributed by atoms with Gasteiger partial charge in [-0.25, -0.2) is 4.79 Å². The van der Waals surface area contributed by atoms with E-state index in [1.165, 1.54) is 80.3 Å². The van der Waals surface area contributed by atoms with Crippen LogP contribution in [-0.2, 0) is 57.5 Å². The number of likely N-dealkylation sites (N-methyl/N-ethyl adjacent to an activating group) is 5. The molecule has 0 aromatic rings. The van der Waals surface area contributed by atoms with Crippen LogP contribution in [-0.4, -0.2) is 212 Å². The third-order valence-corrected chi connectivity index (χ3v) is 8.54. The Morgan fingerprint density at radius 1 is 0.597 bits per heavy atom. The fourth-order valence-electron chi connectivity index (χ4n) is 3.12. The predicted octanol–water partition coefficient (Wildman–Crippen LogP) is -3.69. The van der Waals surface area contributed by atoms with Gasteiger partial charge in [-0.05, 0) is 39.9 Å². The number of carbonyl (C=O) groups is 12. The molecule has 0 aromatic carbocycles. The van der Waals surface area contributed by atoms with E-state index < -0.39 is 58.3 Å². The van der Waals surface area contributed by atoms with Crippen LogP contribution in [0.4, 0.5) is 0 Å². The van der Waals surface area contributed by atoms with Gasteiger partial charge >= 0.3 is 29.8 Å². The summed E-state index contributed by atoms with van der Waals surface area (Å²) in [5.74, 6) is -7.01. The van der Waals surface area contributed by atoms with Crippen LogP contribution in [0, 0.1) is 0 Å². The number of nitrogens with one attached hydrogen (secondary N) is 7. The Kier molecular flexibility index (Phi) is 66.3. The van der Waals surface area contributed by atoms with Crippen LogP contribution >= 0.6 is 36.2 Å². The van der Waals surface area contributed by atoms with Gasteiger partial charge in [-0.3, -0.25) is 57.6 Å². The normalized spacial score (nSPS) is 11.6. The SMILES string of the molecule is C.CN.CN1C(=O)C=CC1=O.CNC(=O)/C=C\C(=O)O.CNC(=O)C(CC(=O)O)NC.CNC(=O)C(CC(=O)O)SC.CNC(=O)CC(NC)C(=O)O.CNC(=O)CC(SC)C(=O)O.CS.O. The number of carboxylic acids is 5. The zero-order chi connectivity index (χ0) is 52.8. The summed E-state index contributed by atoms with van der Waals surface area (Å²) in [6, 6.07) is -1.44. The molecule has 1 aliphatic heterocycles. The van der Waals surface area contributed by atoms with Crippen molar-refractivity contribution in [2.45, 2.75) is 55.7 Å². The lowest BCUT2D eigenvalue weighted by Crippen LogP contribution is -2.42. The number of carbonyl (C=O) groups excluding carboxylic acids is 7. The topological polar surface area (TPSA) is 451 Å². The van der Waals surface area contributed by atoms with E-state index in [2.05, 4.69) is 55.6 Å². The average molecular weight is 1030 g/mol. The summed E-state index contributed by atoms with van der Waals surface area (Å²) >= 11 is 5.93. The van der Waals surface area contributed by atoms with E-state index in [4.69, 9.17) is 25.5 Å². The second-order valence-corrected chi connectivity index (χ2v) is 12.9. The number of nitrogens with zero attached hydrogens (tertiary/aromatic N) is 1. The van der Waals surface area contributed by atoms with Crippen molar-refractivity contribution in [3.05, 3.63) is 24.3 Å². The number of amides is 7. The number of thiol groups is 1. The minimum atomic E-state index is -1.13. The molecule has 1 heterocycles. The highest BCUT2D eigenvalue weighted by atomic mass is 32.2. The van der Waals surface area contributed by atoms with Crippen LogP contribution in [0.3, 0.4) is 0 Å². The number of hydrogen-bond donors (Lipinski definition) is 14. The van der Waals surface area contributed by atoms with Crippen LogP contribution in [0.5, 0.6) is 0 Å². The van der Waals surface area contributed by atoms with E-state index in [1.54, 1.807) is 25.8 Å². The van der Waals surface area contributed by atoms with Crippen LogP contribution in [0.25, 0.3) is 0 Å². The van der Waals surface area contributed by atoms with Crippen LogP contribution in [0.1, 0.15) is 33.1 Å². The number of rotatable bonds is 18. The fraction of sp³-hybridized carbons (Fsp3) is 0.568. The molecule has 1 aliphatic rings. The molecule has 0 saturated heterocycles. The Hall–Kier alpha value is -5.79. The third-order valence-electron chi connectivity index (χ3n) is 6.65. The Labute approximate surface area is 404 Å². The first-order chi connectivity index (χ1) is 30.3. The number of imide groups is 1. The lowest BCUT2D eigenvalue weighted by atomic mass is 10.2. The van der Waals surface area contributed by atoms with Gasteiger partial charge in [-0.1, -0.05) is 7.43 Å². The summed E-state index contributed by atoms with van der Waals surface area (Å²) in [5.41, 5.74) is 4.50. The molecule has 392 valence electrons. The summed E-state index contributed by atoms with van der Waals surface area (Å²) in [6.45, 7) is 0. The minimum absolute atomic E-state index is 0. The molecule has 30 heteroatoms. The summed E-state index contributed by atoms with van der Waals surface area (Å²) in [5, 5.41) is 57.4. The van der Waals surface area contributed by atoms with Gasteiger partial charge < -0.3 is 74.0 Å². The van der Waals surface area contributed by atoms with Gasteiger partial charge in [0.05, 0.1) is 30.6 Å². The number of hydrogen-bond acceptors (Lipinski definition) is 18. The molecule has 4 atom stereocenters. The molecule has 7 amide bonds. The maximum atomic E-state index is 10.9. The lowest BCUT2D eigenvalue weighted by molar-refractivity contribution is -0.141. The molecule has 0 fully saturated rings. The van der Waals surface area contributed by atoms with Gasteiger partial charge in [0.15, 0.2) is 0 Å². The molecule has 1 rings (SSSR count). The first-order valence-electron chi connectivity index (χ1n) is 18.1. The van der Waals surface area contributed by atoms with Gasteiger partial charge in [0.1, 0.15) is 11.3 Å². The fourth-order valence-corrected chi connectivity index (χ4v) is 4.29. The Morgan fingerprint density at radius 2 is 0.985 bits per heavy atom. The smallest absolute Gasteiger partial charge is 0.328 e. The molecule has 67 heavy (non-hydrogen) atoms. The molecule has 0 radical (unpaired) electrons. The zero-order valence-corrected chi connectivity index (χ0v) is 41.4. The third kappa shape index (κ3) is 52.7. The molecule has 0 saturated carbocycles. The van der Waals surface area contributed by atoms with Crippen LogP contribution in [0.15, 0.2) is 24.3 Å². The summed E-state index contributed by atoms with van der Waals surface area (Å²) in [6.07, 6.45) is 8.97. The quantitative estimate of drug-likeness (QED) is 0.0357. The van der Waals surface area contributed by atoms with E-state index in [1.807, 2.05) is 0 Å². The standard InChI is InChI=1S/2C6H12N2O3.2C6H11NO3S.C5H7NO3.C5H5NO2.CH5N.CH4S.CH4.H2O/c1-7-4(3-5(9)10)6(11)8-2;1-7-4(6(10)11)3-5(9)8-2;1-7-6(10)4(11-2)3-5(8)9;1-7-5(8)3-4(11-2)6(9)10;1-6-4(7)2-3-5(8)9;1-6-4(7)2-3-5(6)8;2*1-2;;/h4,7H,3H2,1-2H3,(H,8,11)(H,9,10);4,7H,3H2,1-2H3,(H,8,9)(H,10,11);4H,3H2,1-2H3,(H,7,10)(H,8,9);4H,3H2,1-2H3,(H,7,8)(H,9,10);2-3H,1H3,(H,6,7)(H,8,9);2-3H,1H3;2H2,1H3;2H,1H3;1H4;1H2/b;;;;3-2-;;;;;. The Balaban J connectivity index is -0.0000000844. The molecule has 27 nitrogen and oxygen atoms in total. The second-order valence-electron chi connectivity index (χ2n) is 10.8. The van der Waals surface area contributed by atoms with Crippen molar-refractivity contribution < 1.29 is 88.5 Å². The summed E-state index contributed by atoms with van der Waals surface area (Å²) < 4.78 is 0. The maximum absolute atomic E-state index is 10.9. The number of aliphatic carboxylic acids is 5. The highest BCUT2D eigenvalue weighted by molar-refractivity contribution is 8.00. The molecule has 16 N–H and O–H groups in total. The van der Waals surface area contributed by atoms with E-state index in [-0.39, 0.29) is 74.0 Å². The predicted molar refractivity (Wildman–Crippen MR) is 259 cm³/mol. The Bertz CT molecular complexity index is 1450. The summed E-state index contributed by atoms with van der Waals surface area (Å²) in [4.78, 5) is 126. The van der Waals surface area contributed by atoms with Gasteiger partial charge in [-0.15, -0.1) is 11.8 Å². The van der Waals surface area contributed by atoms with Crippen molar-refractivity contribution in [2.24, 2.45) is 5.73 Å². The average Bonchev–Trinajstić information content (AvgIpc) is 3.58. The van der Waals surface area contributed by atoms with E-state index in [0.717, 1.165) is 28.8 Å². The van der Waals surface area contributed by atoms with Gasteiger partial charge in [0, 0.05) is 73.0 Å². The Morgan fingerprint density at radius 3 is 1.22 bits per heavy atom. The minimum Gasteiger partial charge on any atom is -0.481 e. The van der Waals surface area contributed by atoms with Crippen molar-refractivity contribution in [2.75, 3.05) is 82.2 Å². The first kappa shape index (κ1) is 81.4. The second kappa shape index (κ2) is 54.5. The highest BCUT2D eigenvalue weighted by Gasteiger charge is 2.21. The van der Waals surface area contributed by atoms with E-state index >= 15 is 0 Å². The van der Waals surface area contributed by atoms with Crippen LogP contribution in [0.2, 0.25) is 0 Å². The largest absolute Gasteiger partial charge is 0.481 e. The van der Waals surface area contributed by atoms with Crippen molar-refractivity contribution >= 4 is 107 Å². The molecular formula is C37H73N9O18S3. The van der Waals surface area contributed by atoms with Crippen molar-refractivity contribution in [1.82, 2.24) is 42.1 Å². The zero-order valence-electron chi connectivity index (χ0n) is 38.9. The van der Waals surface area contributed by atoms with Gasteiger partial charge in [0.25, 0.3) is 11.8 Å². The number of carboxylic acid groups (broad SMARTS) is 5. The number of thioether (sulfide) groups is 2. The van der Waals surface area contributed by atoms with E-state index in [9.17, 15) is 57.5 Å². The molecule has 4 unspecified atom stereocenters. The molecule has 0 aromatic heterocycles. The van der Waals surface area contributed by atoms with Gasteiger partial charge in [0.2, 0.25) is 29.5 Å². The molecule has 0 bridgehead atoms. The lowest BCUT2D eigenvalue weighted by Gasteiger charge is -2.10.